The number of carbonyl (C=O) groups excluding carboxylic acids is 1. The minimum atomic E-state index is -4.49. The number of nitrogens with one attached hydrogen (secondary N) is 2. The van der Waals surface area contributed by atoms with Crippen LogP contribution in [-0.4, -0.2) is 46.5 Å². The molecule has 144 valence electrons. The molecule has 2 heterocycles. The third kappa shape index (κ3) is 5.65. The van der Waals surface area contributed by atoms with E-state index in [-0.39, 0.29) is 24.4 Å². The van der Waals surface area contributed by atoms with Crippen molar-refractivity contribution in [2.24, 2.45) is 0 Å². The molecule has 0 radical (unpaired) electrons. The van der Waals surface area contributed by atoms with E-state index in [0.717, 1.165) is 18.0 Å². The van der Waals surface area contributed by atoms with Crippen LogP contribution < -0.4 is 10.6 Å². The lowest BCUT2D eigenvalue weighted by atomic mass is 10.1. The first-order valence-electron chi connectivity index (χ1n) is 8.64. The van der Waals surface area contributed by atoms with E-state index in [4.69, 9.17) is 0 Å². The molecule has 3 rings (SSSR count). The number of piperidine rings is 1. The van der Waals surface area contributed by atoms with Gasteiger partial charge in [0.1, 0.15) is 5.69 Å². The van der Waals surface area contributed by atoms with Crippen LogP contribution in [0, 0.1) is 0 Å². The number of hydrogen-bond donors (Lipinski definition) is 2. The van der Waals surface area contributed by atoms with E-state index in [2.05, 4.69) is 20.6 Å². The molecule has 27 heavy (non-hydrogen) atoms. The molecule has 1 fully saturated rings. The summed E-state index contributed by atoms with van der Waals surface area (Å²) in [4.78, 5) is 21.5. The fraction of sp³-hybridized carbons (Fsp3) is 0.389. The maximum atomic E-state index is 12.7. The van der Waals surface area contributed by atoms with Gasteiger partial charge in [0.25, 0.3) is 0 Å². The van der Waals surface area contributed by atoms with Gasteiger partial charge in [0, 0.05) is 31.0 Å². The van der Waals surface area contributed by atoms with E-state index in [1.807, 2.05) is 35.2 Å². The molecule has 0 spiro atoms. The van der Waals surface area contributed by atoms with Crippen LogP contribution in [0.1, 0.15) is 18.5 Å². The first-order valence-corrected chi connectivity index (χ1v) is 8.64. The van der Waals surface area contributed by atoms with Gasteiger partial charge < -0.3 is 10.6 Å². The van der Waals surface area contributed by atoms with Crippen LogP contribution in [0.2, 0.25) is 0 Å². The number of carbonyl (C=O) groups is 1. The van der Waals surface area contributed by atoms with Gasteiger partial charge in [-0.15, -0.1) is 0 Å². The Balaban J connectivity index is 1.46. The number of likely N-dealkylation sites (tertiary alicyclic amines) is 1. The first-order chi connectivity index (χ1) is 12.9. The normalized spacial score (nSPS) is 16.1. The molecule has 0 bridgehead atoms. The number of halogens is 3. The molecular weight excluding hydrogens is 359 g/mol. The second kappa shape index (κ2) is 8.34. The standard InChI is InChI=1S/C18H20F3N5O/c19-18(20,21)15-6-9-22-17(25-15)24-14-7-10-26(11-8-14)12-16(27)23-13-4-2-1-3-5-13/h1-6,9,14H,7-8,10-12H2,(H,23,27)(H,22,24,25). The van der Waals surface area contributed by atoms with Crippen LogP contribution >= 0.6 is 0 Å². The number of hydrogen-bond acceptors (Lipinski definition) is 5. The van der Waals surface area contributed by atoms with Crippen molar-refractivity contribution in [1.29, 1.82) is 0 Å². The summed E-state index contributed by atoms with van der Waals surface area (Å²) >= 11 is 0. The van der Waals surface area contributed by atoms with Crippen LogP contribution in [0.3, 0.4) is 0 Å². The second-order valence-electron chi connectivity index (χ2n) is 6.37. The van der Waals surface area contributed by atoms with Crippen molar-refractivity contribution in [2.45, 2.75) is 25.1 Å². The number of anilines is 2. The molecule has 0 atom stereocenters. The molecule has 0 unspecified atom stereocenters. The second-order valence-corrected chi connectivity index (χ2v) is 6.37. The number of rotatable bonds is 5. The quantitative estimate of drug-likeness (QED) is 0.836. The molecule has 9 heteroatoms. The zero-order chi connectivity index (χ0) is 19.3. The summed E-state index contributed by atoms with van der Waals surface area (Å²) in [5, 5.41) is 5.80. The highest BCUT2D eigenvalue weighted by Crippen LogP contribution is 2.27. The monoisotopic (exact) mass is 379 g/mol. The molecule has 1 aromatic carbocycles. The summed E-state index contributed by atoms with van der Waals surface area (Å²) in [5.41, 5.74) is -0.212. The highest BCUT2D eigenvalue weighted by atomic mass is 19.4. The van der Waals surface area contributed by atoms with Gasteiger partial charge in [-0.05, 0) is 31.0 Å². The van der Waals surface area contributed by atoms with Crippen LogP contribution in [-0.2, 0) is 11.0 Å². The Kier molecular flexibility index (Phi) is 5.90. The largest absolute Gasteiger partial charge is 0.433 e. The van der Waals surface area contributed by atoms with E-state index < -0.39 is 11.9 Å². The predicted molar refractivity (Wildman–Crippen MR) is 95.2 cm³/mol. The SMILES string of the molecule is O=C(CN1CCC(Nc2nccc(C(F)(F)F)n2)CC1)Nc1ccccc1. The molecule has 1 saturated heterocycles. The summed E-state index contributed by atoms with van der Waals surface area (Å²) in [6, 6.07) is 10.0. The third-order valence-electron chi connectivity index (χ3n) is 4.29. The summed E-state index contributed by atoms with van der Waals surface area (Å²) in [6.07, 6.45) is -2.01. The molecular formula is C18H20F3N5O. The molecule has 1 aliphatic rings. The first kappa shape index (κ1) is 19.1. The minimum Gasteiger partial charge on any atom is -0.351 e. The number of alkyl halides is 3. The number of para-hydroxylation sites is 1. The highest BCUT2D eigenvalue weighted by Gasteiger charge is 2.33. The van der Waals surface area contributed by atoms with Gasteiger partial charge in [-0.3, -0.25) is 9.69 Å². The Labute approximate surface area is 154 Å². The zero-order valence-electron chi connectivity index (χ0n) is 14.5. The van der Waals surface area contributed by atoms with E-state index in [9.17, 15) is 18.0 Å². The van der Waals surface area contributed by atoms with Crippen molar-refractivity contribution >= 4 is 17.5 Å². The van der Waals surface area contributed by atoms with Crippen molar-refractivity contribution in [3.05, 3.63) is 48.3 Å². The molecule has 1 amide bonds. The number of amides is 1. The number of benzene rings is 1. The van der Waals surface area contributed by atoms with Gasteiger partial charge in [0.2, 0.25) is 11.9 Å². The summed E-state index contributed by atoms with van der Waals surface area (Å²) in [6.45, 7) is 1.61. The van der Waals surface area contributed by atoms with E-state index in [1.54, 1.807) is 0 Å². The van der Waals surface area contributed by atoms with Crippen LogP contribution in [0.5, 0.6) is 0 Å². The maximum Gasteiger partial charge on any atom is 0.433 e. The number of aromatic nitrogens is 2. The predicted octanol–water partition coefficient (Wildman–Crippen LogP) is 3.01. The van der Waals surface area contributed by atoms with Crippen molar-refractivity contribution < 1.29 is 18.0 Å². The van der Waals surface area contributed by atoms with Crippen molar-refractivity contribution in [1.82, 2.24) is 14.9 Å². The van der Waals surface area contributed by atoms with E-state index in [1.165, 1.54) is 0 Å². The van der Waals surface area contributed by atoms with Crippen molar-refractivity contribution in [3.63, 3.8) is 0 Å². The Morgan fingerprint density at radius 3 is 2.52 bits per heavy atom. The lowest BCUT2D eigenvalue weighted by Gasteiger charge is -2.31. The van der Waals surface area contributed by atoms with E-state index in [0.29, 0.717) is 25.9 Å². The average Bonchev–Trinajstić information content (AvgIpc) is 2.64. The van der Waals surface area contributed by atoms with Crippen molar-refractivity contribution in [2.75, 3.05) is 30.3 Å². The Morgan fingerprint density at radius 1 is 1.15 bits per heavy atom. The minimum absolute atomic E-state index is 0.0231. The molecule has 2 N–H and O–H groups in total. The molecule has 0 saturated carbocycles. The maximum absolute atomic E-state index is 12.7. The lowest BCUT2D eigenvalue weighted by Crippen LogP contribution is -2.42. The number of nitrogens with zero attached hydrogens (tertiary/aromatic N) is 3. The average molecular weight is 379 g/mol. The summed E-state index contributed by atoms with van der Waals surface area (Å²) < 4.78 is 38.1. The van der Waals surface area contributed by atoms with Crippen LogP contribution in [0.25, 0.3) is 0 Å². The molecule has 1 aliphatic heterocycles. The molecule has 6 nitrogen and oxygen atoms in total. The van der Waals surface area contributed by atoms with Crippen LogP contribution in [0.4, 0.5) is 24.8 Å². The van der Waals surface area contributed by atoms with E-state index >= 15 is 0 Å². The third-order valence-corrected chi connectivity index (χ3v) is 4.29. The Bertz CT molecular complexity index is 761. The lowest BCUT2D eigenvalue weighted by molar-refractivity contribution is -0.141. The zero-order valence-corrected chi connectivity index (χ0v) is 14.5. The van der Waals surface area contributed by atoms with Crippen molar-refractivity contribution in [3.8, 4) is 0 Å². The van der Waals surface area contributed by atoms with Crippen LogP contribution in [0.15, 0.2) is 42.6 Å². The van der Waals surface area contributed by atoms with Gasteiger partial charge in [0.05, 0.1) is 6.54 Å². The summed E-state index contributed by atoms with van der Waals surface area (Å²) in [5.74, 6) is -0.112. The van der Waals surface area contributed by atoms with Gasteiger partial charge in [-0.2, -0.15) is 13.2 Å². The summed E-state index contributed by atoms with van der Waals surface area (Å²) in [7, 11) is 0. The molecule has 2 aromatic rings. The topological polar surface area (TPSA) is 70.2 Å². The van der Waals surface area contributed by atoms with Gasteiger partial charge in [0.15, 0.2) is 0 Å². The van der Waals surface area contributed by atoms with Gasteiger partial charge in [-0.1, -0.05) is 18.2 Å². The Morgan fingerprint density at radius 2 is 1.85 bits per heavy atom. The van der Waals surface area contributed by atoms with Gasteiger partial charge in [-0.25, -0.2) is 9.97 Å². The fourth-order valence-corrected chi connectivity index (χ4v) is 2.93. The molecule has 1 aromatic heterocycles. The highest BCUT2D eigenvalue weighted by molar-refractivity contribution is 5.92. The smallest absolute Gasteiger partial charge is 0.351 e. The fourth-order valence-electron chi connectivity index (χ4n) is 2.93. The Hall–Kier alpha value is -2.68. The molecule has 0 aliphatic carbocycles. The van der Waals surface area contributed by atoms with Gasteiger partial charge >= 0.3 is 6.18 Å².